The molecule has 0 bridgehead atoms. The number of fused-ring (bicyclic) bond motifs is 1. The quantitative estimate of drug-likeness (QED) is 0.861. The van der Waals surface area contributed by atoms with Crippen molar-refractivity contribution in [2.24, 2.45) is 0 Å². The zero-order valence-corrected chi connectivity index (χ0v) is 10.9. The standard InChI is InChI=1S/C15H20N2O/c1-17(15(18)13-7-4-10-16-13)14-9-8-11-5-2-3-6-12(11)14/h2-3,5-6,13-14,16H,4,7-10H2,1H3/t13-,14?/m1/s1. The predicted octanol–water partition coefficient (Wildman–Crippen LogP) is 1.88. The molecule has 2 aliphatic rings. The van der Waals surface area contributed by atoms with Gasteiger partial charge in [-0.25, -0.2) is 0 Å². The Balaban J connectivity index is 1.77. The van der Waals surface area contributed by atoms with Crippen LogP contribution in [0, 0.1) is 0 Å². The molecule has 1 aromatic rings. The first-order valence-electron chi connectivity index (χ1n) is 6.85. The van der Waals surface area contributed by atoms with Crippen molar-refractivity contribution in [1.29, 1.82) is 0 Å². The molecule has 1 fully saturated rings. The molecule has 0 radical (unpaired) electrons. The van der Waals surface area contributed by atoms with Crippen molar-refractivity contribution in [1.82, 2.24) is 10.2 Å². The lowest BCUT2D eigenvalue weighted by molar-refractivity contribution is -0.134. The lowest BCUT2D eigenvalue weighted by Gasteiger charge is -2.28. The molecule has 1 saturated heterocycles. The summed E-state index contributed by atoms with van der Waals surface area (Å²) in [5.41, 5.74) is 2.74. The van der Waals surface area contributed by atoms with E-state index in [2.05, 4.69) is 29.6 Å². The van der Waals surface area contributed by atoms with Crippen molar-refractivity contribution in [3.05, 3.63) is 35.4 Å². The number of likely N-dealkylation sites (N-methyl/N-ethyl adjacent to an activating group) is 1. The van der Waals surface area contributed by atoms with Crippen molar-refractivity contribution in [3.63, 3.8) is 0 Å². The number of benzene rings is 1. The molecular formula is C15H20N2O. The van der Waals surface area contributed by atoms with Gasteiger partial charge < -0.3 is 10.2 Å². The maximum absolute atomic E-state index is 12.4. The minimum absolute atomic E-state index is 0.0442. The van der Waals surface area contributed by atoms with E-state index in [0.717, 1.165) is 32.2 Å². The summed E-state index contributed by atoms with van der Waals surface area (Å²) in [6.45, 7) is 0.978. The van der Waals surface area contributed by atoms with Gasteiger partial charge in [0.2, 0.25) is 5.91 Å². The summed E-state index contributed by atoms with van der Waals surface area (Å²) in [5, 5.41) is 3.29. The molecule has 3 rings (SSSR count). The van der Waals surface area contributed by atoms with E-state index >= 15 is 0 Å². The highest BCUT2D eigenvalue weighted by atomic mass is 16.2. The maximum Gasteiger partial charge on any atom is 0.239 e. The Kier molecular flexibility index (Phi) is 3.08. The molecule has 1 aromatic carbocycles. The third-order valence-electron chi connectivity index (χ3n) is 4.27. The first-order valence-corrected chi connectivity index (χ1v) is 6.85. The average molecular weight is 244 g/mol. The van der Waals surface area contributed by atoms with Gasteiger partial charge in [0.1, 0.15) is 0 Å². The van der Waals surface area contributed by atoms with Gasteiger partial charge in [-0.3, -0.25) is 4.79 Å². The van der Waals surface area contributed by atoms with Gasteiger partial charge in [0.05, 0.1) is 12.1 Å². The van der Waals surface area contributed by atoms with Crippen LogP contribution in [0.3, 0.4) is 0 Å². The summed E-state index contributed by atoms with van der Waals surface area (Å²) in [5.74, 6) is 0.259. The van der Waals surface area contributed by atoms with Gasteiger partial charge in [0, 0.05) is 7.05 Å². The highest BCUT2D eigenvalue weighted by Gasteiger charge is 2.32. The number of carbonyl (C=O) groups is 1. The van der Waals surface area contributed by atoms with Crippen LogP contribution in [0.25, 0.3) is 0 Å². The van der Waals surface area contributed by atoms with Crippen LogP contribution in [0.15, 0.2) is 24.3 Å². The highest BCUT2D eigenvalue weighted by Crippen LogP contribution is 2.35. The molecule has 1 N–H and O–H groups in total. The summed E-state index contributed by atoms with van der Waals surface area (Å²) in [6, 6.07) is 8.82. The summed E-state index contributed by atoms with van der Waals surface area (Å²) < 4.78 is 0. The van der Waals surface area contributed by atoms with Crippen molar-refractivity contribution < 1.29 is 4.79 Å². The zero-order chi connectivity index (χ0) is 12.5. The molecule has 1 unspecified atom stereocenters. The maximum atomic E-state index is 12.4. The van der Waals surface area contributed by atoms with Crippen molar-refractivity contribution in [3.8, 4) is 0 Å². The van der Waals surface area contributed by atoms with Gasteiger partial charge in [-0.2, -0.15) is 0 Å². The minimum atomic E-state index is 0.0442. The largest absolute Gasteiger partial charge is 0.337 e. The van der Waals surface area contributed by atoms with Crippen LogP contribution in [-0.2, 0) is 11.2 Å². The number of nitrogens with zero attached hydrogens (tertiary/aromatic N) is 1. The number of hydrogen-bond donors (Lipinski definition) is 1. The van der Waals surface area contributed by atoms with Crippen molar-refractivity contribution in [2.45, 2.75) is 37.8 Å². The van der Waals surface area contributed by atoms with E-state index in [-0.39, 0.29) is 18.0 Å². The van der Waals surface area contributed by atoms with E-state index in [1.807, 2.05) is 11.9 Å². The third kappa shape index (κ3) is 1.93. The molecule has 1 aliphatic heterocycles. The molecule has 3 nitrogen and oxygen atoms in total. The van der Waals surface area contributed by atoms with Gasteiger partial charge in [-0.05, 0) is 43.4 Å². The monoisotopic (exact) mass is 244 g/mol. The second-order valence-electron chi connectivity index (χ2n) is 5.35. The van der Waals surface area contributed by atoms with Gasteiger partial charge in [-0.15, -0.1) is 0 Å². The normalized spacial score (nSPS) is 26.1. The van der Waals surface area contributed by atoms with E-state index in [1.54, 1.807) is 0 Å². The first kappa shape index (κ1) is 11.7. The molecule has 0 aromatic heterocycles. The Hall–Kier alpha value is -1.35. The Bertz CT molecular complexity index is 452. The number of carbonyl (C=O) groups excluding carboxylic acids is 1. The molecule has 1 amide bonds. The van der Waals surface area contributed by atoms with Crippen molar-refractivity contribution in [2.75, 3.05) is 13.6 Å². The molecule has 0 saturated carbocycles. The SMILES string of the molecule is CN(C(=O)[C@H]1CCCN1)C1CCc2ccccc21. The molecule has 1 aliphatic carbocycles. The lowest BCUT2D eigenvalue weighted by atomic mass is 10.1. The van der Waals surface area contributed by atoms with Gasteiger partial charge in [0.25, 0.3) is 0 Å². The van der Waals surface area contributed by atoms with Crippen LogP contribution in [0.5, 0.6) is 0 Å². The summed E-state index contributed by atoms with van der Waals surface area (Å²) >= 11 is 0. The van der Waals surface area contributed by atoms with E-state index in [9.17, 15) is 4.79 Å². The molecule has 2 atom stereocenters. The van der Waals surface area contributed by atoms with E-state index in [4.69, 9.17) is 0 Å². The third-order valence-corrected chi connectivity index (χ3v) is 4.27. The fourth-order valence-electron chi connectivity index (χ4n) is 3.23. The fraction of sp³-hybridized carbons (Fsp3) is 0.533. The first-order chi connectivity index (χ1) is 8.77. The predicted molar refractivity (Wildman–Crippen MR) is 71.3 cm³/mol. The van der Waals surface area contributed by atoms with Crippen LogP contribution in [0.2, 0.25) is 0 Å². The number of nitrogens with one attached hydrogen (secondary N) is 1. The smallest absolute Gasteiger partial charge is 0.239 e. The van der Waals surface area contributed by atoms with Gasteiger partial charge >= 0.3 is 0 Å². The van der Waals surface area contributed by atoms with E-state index in [0.29, 0.717) is 0 Å². The van der Waals surface area contributed by atoms with Crippen LogP contribution in [0.4, 0.5) is 0 Å². The number of amides is 1. The summed E-state index contributed by atoms with van der Waals surface area (Å²) in [6.07, 6.45) is 4.26. The Labute approximate surface area is 108 Å². The molecule has 1 heterocycles. The zero-order valence-electron chi connectivity index (χ0n) is 10.9. The average Bonchev–Trinajstić information content (AvgIpc) is 3.06. The molecule has 0 spiro atoms. The number of rotatable bonds is 2. The molecule has 3 heteroatoms. The Morgan fingerprint density at radius 1 is 1.33 bits per heavy atom. The van der Waals surface area contributed by atoms with Crippen LogP contribution >= 0.6 is 0 Å². The second-order valence-corrected chi connectivity index (χ2v) is 5.35. The fourth-order valence-corrected chi connectivity index (χ4v) is 3.23. The Morgan fingerprint density at radius 2 is 2.17 bits per heavy atom. The number of aryl methyl sites for hydroxylation is 1. The Morgan fingerprint density at radius 3 is 2.94 bits per heavy atom. The van der Waals surface area contributed by atoms with Crippen molar-refractivity contribution >= 4 is 5.91 Å². The molecule has 18 heavy (non-hydrogen) atoms. The molecule has 96 valence electrons. The van der Waals surface area contributed by atoms with Crippen LogP contribution < -0.4 is 5.32 Å². The van der Waals surface area contributed by atoms with E-state index < -0.39 is 0 Å². The highest BCUT2D eigenvalue weighted by molar-refractivity contribution is 5.82. The van der Waals surface area contributed by atoms with Gasteiger partial charge in [0.15, 0.2) is 0 Å². The van der Waals surface area contributed by atoms with Crippen LogP contribution in [0.1, 0.15) is 36.4 Å². The second kappa shape index (κ2) is 4.73. The number of hydrogen-bond acceptors (Lipinski definition) is 2. The summed E-state index contributed by atoms with van der Waals surface area (Å²) in [4.78, 5) is 14.4. The topological polar surface area (TPSA) is 32.3 Å². The minimum Gasteiger partial charge on any atom is -0.337 e. The van der Waals surface area contributed by atoms with E-state index in [1.165, 1.54) is 11.1 Å². The van der Waals surface area contributed by atoms with Gasteiger partial charge in [-0.1, -0.05) is 24.3 Å². The lowest BCUT2D eigenvalue weighted by Crippen LogP contribution is -2.42. The summed E-state index contributed by atoms with van der Waals surface area (Å²) in [7, 11) is 1.95. The molecular weight excluding hydrogens is 224 g/mol. The van der Waals surface area contributed by atoms with Crippen LogP contribution in [-0.4, -0.2) is 30.4 Å².